The maximum Gasteiger partial charge on any atom is 0.159 e. The van der Waals surface area contributed by atoms with Crippen LogP contribution >= 0.6 is 11.3 Å². The first kappa shape index (κ1) is 29.1. The van der Waals surface area contributed by atoms with Gasteiger partial charge in [0.2, 0.25) is 0 Å². The number of rotatable bonds is 5. The van der Waals surface area contributed by atoms with E-state index in [1.807, 2.05) is 23.5 Å². The number of thiophene rings is 1. The number of benzene rings is 8. The van der Waals surface area contributed by atoms with Gasteiger partial charge >= 0.3 is 0 Å². The molecule has 3 nitrogen and oxygen atoms in total. The Morgan fingerprint density at radius 3 is 1.87 bits per heavy atom. The van der Waals surface area contributed by atoms with E-state index in [0.717, 1.165) is 83.2 Å². The van der Waals surface area contributed by atoms with Crippen LogP contribution in [-0.4, -0.2) is 0 Å². The van der Waals surface area contributed by atoms with Crippen molar-refractivity contribution in [2.75, 3.05) is 4.90 Å². The van der Waals surface area contributed by atoms with E-state index < -0.39 is 0 Å². The highest BCUT2D eigenvalue weighted by atomic mass is 32.1. The minimum absolute atomic E-state index is 0.859. The maximum atomic E-state index is 6.99. The molecule has 0 saturated carbocycles. The Morgan fingerprint density at radius 1 is 0.385 bits per heavy atom. The molecule has 0 fully saturated rings. The average molecular weight is 684 g/mol. The molecule has 0 amide bonds. The molecule has 8 aromatic carbocycles. The normalized spacial score (nSPS) is 11.8. The van der Waals surface area contributed by atoms with Gasteiger partial charge in [-0.25, -0.2) is 0 Å². The lowest BCUT2D eigenvalue weighted by Crippen LogP contribution is -2.10. The fourth-order valence-corrected chi connectivity index (χ4v) is 9.15. The van der Waals surface area contributed by atoms with Crippen molar-refractivity contribution >= 4 is 92.4 Å². The van der Waals surface area contributed by atoms with Gasteiger partial charge in [0.15, 0.2) is 5.58 Å². The van der Waals surface area contributed by atoms with Crippen LogP contribution in [0.4, 0.5) is 17.1 Å². The summed E-state index contributed by atoms with van der Waals surface area (Å²) in [7, 11) is 0. The van der Waals surface area contributed by atoms with E-state index in [0.29, 0.717) is 0 Å². The molecule has 11 aromatic rings. The topological polar surface area (TPSA) is 29.5 Å². The SMILES string of the molecule is c1ccc(-c2cccc3c2oc2c(N(c4ccc(-c5cccc6oc7ccccc7c56)cc4)c4cccc5c4sc4ccccc45)cccc23)cc1. The van der Waals surface area contributed by atoms with Gasteiger partial charge in [-0.05, 0) is 59.2 Å². The zero-order valence-electron chi connectivity index (χ0n) is 27.9. The van der Waals surface area contributed by atoms with Crippen molar-refractivity contribution in [3.63, 3.8) is 0 Å². The standard InChI is InChI=1S/C48H29NO2S/c1-2-12-30(13-3-1)34-17-8-18-36-37-19-9-21-40(47(37)51-46(34)36)49(41-22-10-20-38-35-14-5-7-25-44(35)52-48(38)41)32-28-26-31(27-29-32)33-16-11-24-43-45(33)39-15-4-6-23-42(39)50-43/h1-29H. The van der Waals surface area contributed by atoms with Gasteiger partial charge in [-0.15, -0.1) is 11.3 Å². The van der Waals surface area contributed by atoms with E-state index in [4.69, 9.17) is 8.83 Å². The monoisotopic (exact) mass is 683 g/mol. The van der Waals surface area contributed by atoms with Crippen LogP contribution in [0.15, 0.2) is 185 Å². The van der Waals surface area contributed by atoms with Crippen LogP contribution in [0, 0.1) is 0 Å². The zero-order chi connectivity index (χ0) is 34.2. The van der Waals surface area contributed by atoms with Crippen molar-refractivity contribution in [1.82, 2.24) is 0 Å². The predicted molar refractivity (Wildman–Crippen MR) is 219 cm³/mol. The summed E-state index contributed by atoms with van der Waals surface area (Å²) in [5.41, 5.74) is 11.2. The molecule has 0 radical (unpaired) electrons. The van der Waals surface area contributed by atoms with Crippen LogP contribution in [-0.2, 0) is 0 Å². The molecular weight excluding hydrogens is 655 g/mol. The van der Waals surface area contributed by atoms with E-state index >= 15 is 0 Å². The van der Waals surface area contributed by atoms with E-state index in [2.05, 4.69) is 169 Å². The van der Waals surface area contributed by atoms with Crippen molar-refractivity contribution in [1.29, 1.82) is 0 Å². The fraction of sp³-hybridized carbons (Fsp3) is 0. The smallest absolute Gasteiger partial charge is 0.159 e. The first-order chi connectivity index (χ1) is 25.8. The lowest BCUT2D eigenvalue weighted by Gasteiger charge is -2.26. The Balaban J connectivity index is 1.15. The quantitative estimate of drug-likeness (QED) is 0.181. The first-order valence-corrected chi connectivity index (χ1v) is 18.3. The molecule has 52 heavy (non-hydrogen) atoms. The summed E-state index contributed by atoms with van der Waals surface area (Å²) in [4.78, 5) is 2.38. The highest BCUT2D eigenvalue weighted by molar-refractivity contribution is 7.26. The van der Waals surface area contributed by atoms with Crippen molar-refractivity contribution in [3.05, 3.63) is 176 Å². The van der Waals surface area contributed by atoms with Gasteiger partial charge in [-0.3, -0.25) is 0 Å². The largest absolute Gasteiger partial charge is 0.456 e. The predicted octanol–water partition coefficient (Wildman–Crippen LogP) is 14.7. The van der Waals surface area contributed by atoms with Crippen molar-refractivity contribution in [3.8, 4) is 22.3 Å². The second kappa shape index (κ2) is 11.5. The number of hydrogen-bond donors (Lipinski definition) is 0. The molecule has 244 valence electrons. The molecule has 0 unspecified atom stereocenters. The third-order valence-corrected chi connectivity index (χ3v) is 11.5. The van der Waals surface area contributed by atoms with E-state index in [-0.39, 0.29) is 0 Å². The summed E-state index contributed by atoms with van der Waals surface area (Å²) in [5, 5.41) is 6.99. The fourth-order valence-electron chi connectivity index (χ4n) is 7.95. The summed E-state index contributed by atoms with van der Waals surface area (Å²) in [6.45, 7) is 0. The highest BCUT2D eigenvalue weighted by Gasteiger charge is 2.23. The average Bonchev–Trinajstić information content (AvgIpc) is 3.91. The Hall–Kier alpha value is -6.62. The number of nitrogens with zero attached hydrogens (tertiary/aromatic N) is 1. The molecule has 11 rings (SSSR count). The highest BCUT2D eigenvalue weighted by Crippen LogP contribution is 2.48. The summed E-state index contributed by atoms with van der Waals surface area (Å²) in [6.07, 6.45) is 0. The van der Waals surface area contributed by atoms with Gasteiger partial charge in [-0.2, -0.15) is 0 Å². The Morgan fingerprint density at radius 2 is 1.00 bits per heavy atom. The van der Waals surface area contributed by atoms with Crippen molar-refractivity contribution in [2.24, 2.45) is 0 Å². The van der Waals surface area contributed by atoms with Gasteiger partial charge in [0.25, 0.3) is 0 Å². The molecule has 4 heteroatoms. The molecule has 0 aliphatic carbocycles. The molecule has 3 aromatic heterocycles. The number of hydrogen-bond acceptors (Lipinski definition) is 4. The van der Waals surface area contributed by atoms with Crippen LogP contribution in [0.3, 0.4) is 0 Å². The van der Waals surface area contributed by atoms with E-state index in [1.165, 1.54) is 20.2 Å². The van der Waals surface area contributed by atoms with Crippen molar-refractivity contribution in [2.45, 2.75) is 0 Å². The van der Waals surface area contributed by atoms with Gasteiger partial charge in [0.1, 0.15) is 16.7 Å². The lowest BCUT2D eigenvalue weighted by molar-refractivity contribution is 0.669. The third-order valence-electron chi connectivity index (χ3n) is 10.3. The Bertz CT molecular complexity index is 3130. The number of furan rings is 2. The molecule has 0 aliphatic heterocycles. The molecule has 0 saturated heterocycles. The van der Waals surface area contributed by atoms with Crippen LogP contribution in [0.25, 0.3) is 86.3 Å². The van der Waals surface area contributed by atoms with Crippen molar-refractivity contribution < 1.29 is 8.83 Å². The number of anilines is 3. The summed E-state index contributed by atoms with van der Waals surface area (Å²) in [6, 6.07) is 62.3. The summed E-state index contributed by atoms with van der Waals surface area (Å²) >= 11 is 1.84. The summed E-state index contributed by atoms with van der Waals surface area (Å²) in [5.74, 6) is 0. The molecule has 0 atom stereocenters. The Labute approximate surface area is 303 Å². The molecule has 0 bridgehead atoms. The lowest BCUT2D eigenvalue weighted by atomic mass is 9.99. The molecule has 0 spiro atoms. The van der Waals surface area contributed by atoms with E-state index in [9.17, 15) is 0 Å². The maximum absolute atomic E-state index is 6.99. The Kier molecular flexibility index (Phi) is 6.42. The number of fused-ring (bicyclic) bond motifs is 9. The number of para-hydroxylation sites is 3. The van der Waals surface area contributed by atoms with Crippen LogP contribution in [0.5, 0.6) is 0 Å². The molecule has 0 aliphatic rings. The second-order valence-corrected chi connectivity index (χ2v) is 14.3. The van der Waals surface area contributed by atoms with E-state index in [1.54, 1.807) is 0 Å². The first-order valence-electron chi connectivity index (χ1n) is 17.5. The van der Waals surface area contributed by atoms with Gasteiger partial charge in [-0.1, -0.05) is 133 Å². The van der Waals surface area contributed by atoms with Gasteiger partial charge in [0.05, 0.1) is 16.1 Å². The van der Waals surface area contributed by atoms with Crippen LogP contribution in [0.2, 0.25) is 0 Å². The van der Waals surface area contributed by atoms with Crippen LogP contribution < -0.4 is 4.90 Å². The van der Waals surface area contributed by atoms with Crippen LogP contribution in [0.1, 0.15) is 0 Å². The molecular formula is C48H29NO2S. The minimum Gasteiger partial charge on any atom is -0.456 e. The zero-order valence-corrected chi connectivity index (χ0v) is 28.7. The molecule has 0 N–H and O–H groups in total. The van der Waals surface area contributed by atoms with Gasteiger partial charge in [0, 0.05) is 48.3 Å². The summed E-state index contributed by atoms with van der Waals surface area (Å²) < 4.78 is 15.7. The second-order valence-electron chi connectivity index (χ2n) is 13.2. The van der Waals surface area contributed by atoms with Gasteiger partial charge < -0.3 is 13.7 Å². The molecule has 3 heterocycles. The minimum atomic E-state index is 0.859. The third kappa shape index (κ3) is 4.38.